The molecular weight excluding hydrogens is 296 g/mol. The lowest BCUT2D eigenvalue weighted by atomic mass is 10.1. The van der Waals surface area contributed by atoms with Gasteiger partial charge in [0, 0.05) is 6.61 Å². The number of ether oxygens (including phenoxy) is 1. The van der Waals surface area contributed by atoms with Crippen LogP contribution >= 0.6 is 0 Å². The molecule has 0 saturated carbocycles. The van der Waals surface area contributed by atoms with E-state index in [0.29, 0.717) is 11.9 Å². The third-order valence-corrected chi connectivity index (χ3v) is 4.29. The Hall–Kier alpha value is -1.80. The van der Waals surface area contributed by atoms with Crippen molar-refractivity contribution in [2.24, 2.45) is 0 Å². The summed E-state index contributed by atoms with van der Waals surface area (Å²) >= 11 is 0. The lowest BCUT2D eigenvalue weighted by Gasteiger charge is -2.12. The fraction of sp³-hybridized carbons (Fsp3) is 0.455. The molecule has 2 aromatic rings. The first-order valence-electron chi connectivity index (χ1n) is 9.20. The molecule has 0 aliphatic heterocycles. The molecule has 2 rings (SSSR count). The topological polar surface area (TPSA) is 29.5 Å². The quantitative estimate of drug-likeness (QED) is 0.517. The maximum Gasteiger partial charge on any atom is 0.116 e. The number of allylic oxidation sites excluding steroid dienone is 1. The number of unbranched alkanes of at least 4 members (excludes halogenated alkanes) is 3. The third kappa shape index (κ3) is 6.37. The van der Waals surface area contributed by atoms with Gasteiger partial charge in [0.05, 0.1) is 6.10 Å². The Morgan fingerprint density at radius 3 is 2.67 bits per heavy atom. The maximum absolute atomic E-state index is 9.50. The summed E-state index contributed by atoms with van der Waals surface area (Å²) in [5.41, 5.74) is 1.21. The van der Waals surface area contributed by atoms with Crippen molar-refractivity contribution in [2.45, 2.75) is 58.5 Å². The average Bonchev–Trinajstić information content (AvgIpc) is 2.58. The Morgan fingerprint density at radius 2 is 1.83 bits per heavy atom. The van der Waals surface area contributed by atoms with Crippen molar-refractivity contribution >= 4 is 16.8 Å². The van der Waals surface area contributed by atoms with Gasteiger partial charge in [-0.2, -0.15) is 0 Å². The van der Waals surface area contributed by atoms with Crippen molar-refractivity contribution in [2.75, 3.05) is 6.61 Å². The van der Waals surface area contributed by atoms with Gasteiger partial charge in [-0.15, -0.1) is 0 Å². The minimum absolute atomic E-state index is 0.317. The molecule has 0 bridgehead atoms. The molecule has 0 aliphatic carbocycles. The molecule has 0 spiro atoms. The predicted molar refractivity (Wildman–Crippen MR) is 103 cm³/mol. The van der Waals surface area contributed by atoms with E-state index >= 15 is 0 Å². The van der Waals surface area contributed by atoms with Gasteiger partial charge in [-0.3, -0.25) is 0 Å². The molecule has 0 radical (unpaired) electrons. The molecule has 1 unspecified atom stereocenters. The van der Waals surface area contributed by atoms with E-state index in [1.165, 1.54) is 24.8 Å². The van der Waals surface area contributed by atoms with Crippen LogP contribution in [0.4, 0.5) is 0 Å². The number of fused-ring (bicyclic) bond motifs is 1. The van der Waals surface area contributed by atoms with E-state index in [2.05, 4.69) is 44.2 Å². The van der Waals surface area contributed by atoms with Crippen LogP contribution in [0, 0.1) is 0 Å². The maximum atomic E-state index is 9.50. The number of phenols is 1. The summed E-state index contributed by atoms with van der Waals surface area (Å²) in [4.78, 5) is 0. The monoisotopic (exact) mass is 326 g/mol. The number of hydrogen-bond acceptors (Lipinski definition) is 2. The van der Waals surface area contributed by atoms with Crippen molar-refractivity contribution < 1.29 is 9.84 Å². The molecule has 0 heterocycles. The van der Waals surface area contributed by atoms with Crippen LogP contribution in [0.1, 0.15) is 57.9 Å². The van der Waals surface area contributed by atoms with Gasteiger partial charge < -0.3 is 9.84 Å². The third-order valence-electron chi connectivity index (χ3n) is 4.29. The van der Waals surface area contributed by atoms with E-state index in [0.717, 1.165) is 36.6 Å². The summed E-state index contributed by atoms with van der Waals surface area (Å²) < 4.78 is 5.82. The van der Waals surface area contributed by atoms with Crippen LogP contribution in [0.15, 0.2) is 42.5 Å². The highest BCUT2D eigenvalue weighted by atomic mass is 16.5. The van der Waals surface area contributed by atoms with E-state index in [9.17, 15) is 5.11 Å². The Labute approximate surface area is 146 Å². The van der Waals surface area contributed by atoms with Crippen molar-refractivity contribution in [3.8, 4) is 5.75 Å². The van der Waals surface area contributed by atoms with E-state index in [4.69, 9.17) is 4.74 Å². The van der Waals surface area contributed by atoms with Gasteiger partial charge in [0.25, 0.3) is 0 Å². The van der Waals surface area contributed by atoms with Crippen molar-refractivity contribution in [1.29, 1.82) is 0 Å². The second kappa shape index (κ2) is 10.1. The Kier molecular flexibility index (Phi) is 7.84. The molecule has 2 aromatic carbocycles. The zero-order valence-electron chi connectivity index (χ0n) is 15.0. The first-order chi connectivity index (χ1) is 11.7. The number of aromatic hydroxyl groups is 1. The minimum atomic E-state index is 0.317. The van der Waals surface area contributed by atoms with Crippen LogP contribution in [-0.4, -0.2) is 17.8 Å². The molecule has 1 N–H and O–H groups in total. The van der Waals surface area contributed by atoms with Gasteiger partial charge >= 0.3 is 0 Å². The number of benzene rings is 2. The fourth-order valence-corrected chi connectivity index (χ4v) is 2.82. The molecule has 0 amide bonds. The van der Waals surface area contributed by atoms with Crippen LogP contribution in [0.25, 0.3) is 16.8 Å². The number of hydrogen-bond donors (Lipinski definition) is 1. The molecule has 0 saturated heterocycles. The summed E-state index contributed by atoms with van der Waals surface area (Å²) in [6, 6.07) is 11.8. The largest absolute Gasteiger partial charge is 0.508 e. The normalized spacial score (nSPS) is 12.9. The molecule has 2 heteroatoms. The van der Waals surface area contributed by atoms with Gasteiger partial charge in [-0.1, -0.05) is 50.1 Å². The summed E-state index contributed by atoms with van der Waals surface area (Å²) in [5.74, 6) is 0.317. The second-order valence-electron chi connectivity index (χ2n) is 6.51. The SMILES string of the molecule is CCCCCOC(C)CCC/C=C/c1ccc2cc(O)ccc2c1. The van der Waals surface area contributed by atoms with Crippen LogP contribution in [0.3, 0.4) is 0 Å². The molecule has 0 aromatic heterocycles. The molecule has 0 fully saturated rings. The van der Waals surface area contributed by atoms with Crippen molar-refractivity contribution in [3.05, 3.63) is 48.0 Å². The molecule has 0 aliphatic rings. The van der Waals surface area contributed by atoms with Gasteiger partial charge in [-0.05, 0) is 67.1 Å². The lowest BCUT2D eigenvalue weighted by Crippen LogP contribution is -2.08. The number of rotatable bonds is 10. The van der Waals surface area contributed by atoms with E-state index in [1.807, 2.05) is 6.07 Å². The predicted octanol–water partition coefficient (Wildman–Crippen LogP) is 6.32. The van der Waals surface area contributed by atoms with Crippen LogP contribution in [0.5, 0.6) is 5.75 Å². The fourth-order valence-electron chi connectivity index (χ4n) is 2.82. The van der Waals surface area contributed by atoms with Crippen LogP contribution < -0.4 is 0 Å². The Bertz CT molecular complexity index is 645. The summed E-state index contributed by atoms with van der Waals surface area (Å²) in [7, 11) is 0. The lowest BCUT2D eigenvalue weighted by molar-refractivity contribution is 0.0566. The highest BCUT2D eigenvalue weighted by Crippen LogP contribution is 2.21. The van der Waals surface area contributed by atoms with E-state index in [-0.39, 0.29) is 0 Å². The van der Waals surface area contributed by atoms with E-state index in [1.54, 1.807) is 12.1 Å². The van der Waals surface area contributed by atoms with E-state index < -0.39 is 0 Å². The zero-order valence-corrected chi connectivity index (χ0v) is 15.0. The Balaban J connectivity index is 1.71. The Morgan fingerprint density at radius 1 is 1.04 bits per heavy atom. The van der Waals surface area contributed by atoms with Gasteiger partial charge in [0.1, 0.15) is 5.75 Å². The zero-order chi connectivity index (χ0) is 17.2. The summed E-state index contributed by atoms with van der Waals surface area (Å²) in [6.45, 7) is 5.29. The molecular formula is C22H30O2. The molecule has 24 heavy (non-hydrogen) atoms. The van der Waals surface area contributed by atoms with Crippen molar-refractivity contribution in [3.63, 3.8) is 0 Å². The first-order valence-corrected chi connectivity index (χ1v) is 9.20. The first kappa shape index (κ1) is 18.5. The molecule has 2 nitrogen and oxygen atoms in total. The van der Waals surface area contributed by atoms with Gasteiger partial charge in [-0.25, -0.2) is 0 Å². The standard InChI is InChI=1S/C22H30O2/c1-3-4-8-15-24-18(2)9-6-5-7-10-19-11-12-21-17-22(23)14-13-20(21)16-19/h7,10-14,16-18,23H,3-6,8-9,15H2,1-2H3/b10-7+. The van der Waals surface area contributed by atoms with Crippen LogP contribution in [-0.2, 0) is 4.74 Å². The highest BCUT2D eigenvalue weighted by Gasteiger charge is 2.01. The average molecular weight is 326 g/mol. The van der Waals surface area contributed by atoms with Crippen molar-refractivity contribution in [1.82, 2.24) is 0 Å². The molecule has 130 valence electrons. The summed E-state index contributed by atoms with van der Waals surface area (Å²) in [5, 5.41) is 11.7. The van der Waals surface area contributed by atoms with Crippen LogP contribution in [0.2, 0.25) is 0 Å². The van der Waals surface area contributed by atoms with Gasteiger partial charge in [0.2, 0.25) is 0 Å². The smallest absolute Gasteiger partial charge is 0.116 e. The van der Waals surface area contributed by atoms with Gasteiger partial charge in [0.15, 0.2) is 0 Å². The summed E-state index contributed by atoms with van der Waals surface area (Å²) in [6.07, 6.45) is 11.8. The molecule has 1 atom stereocenters. The second-order valence-corrected chi connectivity index (χ2v) is 6.51. The number of phenolic OH excluding ortho intramolecular Hbond substituents is 1. The highest BCUT2D eigenvalue weighted by molar-refractivity contribution is 5.85. The minimum Gasteiger partial charge on any atom is -0.508 e.